The van der Waals surface area contributed by atoms with Gasteiger partial charge in [0.1, 0.15) is 5.82 Å². The second-order valence-electron chi connectivity index (χ2n) is 4.11. The van der Waals surface area contributed by atoms with E-state index in [0.717, 1.165) is 6.54 Å². The Morgan fingerprint density at radius 3 is 3.18 bits per heavy atom. The minimum Gasteiger partial charge on any atom is -0.383 e. The number of likely N-dealkylation sites (N-methyl/N-ethyl adjacent to an activating group) is 1. The van der Waals surface area contributed by atoms with Crippen LogP contribution in [0.15, 0.2) is 18.3 Å². The first-order valence-corrected chi connectivity index (χ1v) is 5.80. The molecule has 5 nitrogen and oxygen atoms in total. The maximum Gasteiger partial charge on any atom is 0.173 e. The summed E-state index contributed by atoms with van der Waals surface area (Å²) in [5.74, 6) is 0.139. The maximum absolute atomic E-state index is 12.3. The molecule has 0 aliphatic carbocycles. The summed E-state index contributed by atoms with van der Waals surface area (Å²) < 4.78 is 5.36. The molecular weight excluding hydrogens is 218 g/mol. The predicted molar refractivity (Wildman–Crippen MR) is 64.8 cm³/mol. The average molecular weight is 235 g/mol. The van der Waals surface area contributed by atoms with E-state index in [4.69, 9.17) is 10.5 Å². The highest BCUT2D eigenvalue weighted by Gasteiger charge is 2.34. The molecule has 0 aromatic carbocycles. The van der Waals surface area contributed by atoms with Crippen molar-refractivity contribution in [2.24, 2.45) is 5.92 Å². The zero-order chi connectivity index (χ0) is 12.3. The van der Waals surface area contributed by atoms with Crippen LogP contribution in [0.4, 0.5) is 5.82 Å². The molecule has 1 aromatic heterocycles. The number of nitrogens with two attached hydrogens (primary N) is 1. The van der Waals surface area contributed by atoms with Gasteiger partial charge in [0.05, 0.1) is 24.7 Å². The van der Waals surface area contributed by atoms with E-state index in [1.54, 1.807) is 18.3 Å². The van der Waals surface area contributed by atoms with Crippen molar-refractivity contribution >= 4 is 11.6 Å². The lowest BCUT2D eigenvalue weighted by molar-refractivity contribution is 0.0892. The van der Waals surface area contributed by atoms with Gasteiger partial charge in [0.2, 0.25) is 0 Å². The van der Waals surface area contributed by atoms with Gasteiger partial charge in [-0.05, 0) is 18.7 Å². The van der Waals surface area contributed by atoms with Crippen LogP contribution >= 0.6 is 0 Å². The number of rotatable bonds is 4. The van der Waals surface area contributed by atoms with Crippen LogP contribution in [0.5, 0.6) is 0 Å². The van der Waals surface area contributed by atoms with E-state index in [0.29, 0.717) is 24.6 Å². The van der Waals surface area contributed by atoms with Crippen molar-refractivity contribution in [2.45, 2.75) is 13.0 Å². The molecular formula is C12H17N3O2. The van der Waals surface area contributed by atoms with Crippen LogP contribution in [0, 0.1) is 5.92 Å². The van der Waals surface area contributed by atoms with E-state index in [-0.39, 0.29) is 17.7 Å². The lowest BCUT2D eigenvalue weighted by Gasteiger charge is -2.17. The van der Waals surface area contributed by atoms with E-state index in [9.17, 15) is 4.79 Å². The lowest BCUT2D eigenvalue weighted by atomic mass is 9.93. The number of nitrogens with one attached hydrogen (secondary N) is 1. The SMILES string of the molecule is CCNC1COCC1C(=O)c1cccnc1N. The number of aromatic nitrogens is 1. The van der Waals surface area contributed by atoms with Crippen molar-refractivity contribution < 1.29 is 9.53 Å². The maximum atomic E-state index is 12.3. The monoisotopic (exact) mass is 235 g/mol. The molecule has 0 spiro atoms. The van der Waals surface area contributed by atoms with Gasteiger partial charge in [0, 0.05) is 12.2 Å². The molecule has 1 aromatic rings. The normalized spacial score (nSPS) is 23.8. The van der Waals surface area contributed by atoms with Crippen molar-refractivity contribution in [1.29, 1.82) is 0 Å². The van der Waals surface area contributed by atoms with Crippen LogP contribution in [0.3, 0.4) is 0 Å². The summed E-state index contributed by atoms with van der Waals surface area (Å²) in [4.78, 5) is 16.3. The minimum absolute atomic E-state index is 0.0130. The zero-order valence-electron chi connectivity index (χ0n) is 9.85. The number of hydrogen-bond donors (Lipinski definition) is 2. The molecule has 3 N–H and O–H groups in total. The number of carbonyl (C=O) groups is 1. The zero-order valence-corrected chi connectivity index (χ0v) is 9.85. The molecule has 1 aliphatic rings. The van der Waals surface area contributed by atoms with Crippen LogP contribution < -0.4 is 11.1 Å². The quantitative estimate of drug-likeness (QED) is 0.742. The molecule has 0 bridgehead atoms. The van der Waals surface area contributed by atoms with Gasteiger partial charge < -0.3 is 15.8 Å². The molecule has 0 amide bonds. The molecule has 0 radical (unpaired) electrons. The van der Waals surface area contributed by atoms with Crippen molar-refractivity contribution in [3.05, 3.63) is 23.9 Å². The third-order valence-corrected chi connectivity index (χ3v) is 2.99. The predicted octanol–water partition coefficient (Wildman–Crippen LogP) is 0.471. The molecule has 5 heteroatoms. The molecule has 17 heavy (non-hydrogen) atoms. The average Bonchev–Trinajstić information content (AvgIpc) is 2.78. The highest BCUT2D eigenvalue weighted by atomic mass is 16.5. The smallest absolute Gasteiger partial charge is 0.173 e. The number of nitrogen functional groups attached to an aromatic ring is 1. The van der Waals surface area contributed by atoms with Gasteiger partial charge in [-0.25, -0.2) is 4.98 Å². The van der Waals surface area contributed by atoms with Crippen LogP contribution in [-0.4, -0.2) is 36.6 Å². The molecule has 2 atom stereocenters. The number of ketones is 1. The Labute approximate surface area is 100 Å². The first-order chi connectivity index (χ1) is 8.24. The third-order valence-electron chi connectivity index (χ3n) is 2.99. The molecule has 1 fully saturated rings. The Balaban J connectivity index is 2.17. The molecule has 0 saturated carbocycles. The van der Waals surface area contributed by atoms with E-state index >= 15 is 0 Å². The lowest BCUT2D eigenvalue weighted by Crippen LogP contribution is -2.39. The summed E-state index contributed by atoms with van der Waals surface area (Å²) in [7, 11) is 0. The summed E-state index contributed by atoms with van der Waals surface area (Å²) >= 11 is 0. The number of anilines is 1. The van der Waals surface area contributed by atoms with Crippen molar-refractivity contribution in [3.63, 3.8) is 0 Å². The standard InChI is InChI=1S/C12H17N3O2/c1-2-14-10-7-17-6-9(10)11(16)8-4-3-5-15-12(8)13/h3-5,9-10,14H,2,6-7H2,1H3,(H2,13,15). The minimum atomic E-state index is -0.165. The number of pyridine rings is 1. The Morgan fingerprint density at radius 1 is 1.65 bits per heavy atom. The Kier molecular flexibility index (Phi) is 3.71. The summed E-state index contributed by atoms with van der Waals surface area (Å²) in [6.07, 6.45) is 1.58. The Bertz CT molecular complexity index is 408. The molecule has 2 rings (SSSR count). The summed E-state index contributed by atoms with van der Waals surface area (Å²) in [6.45, 7) is 3.86. The number of ether oxygens (including phenoxy) is 1. The topological polar surface area (TPSA) is 77.2 Å². The van der Waals surface area contributed by atoms with Gasteiger partial charge in [-0.15, -0.1) is 0 Å². The molecule has 2 heterocycles. The molecule has 1 saturated heterocycles. The summed E-state index contributed by atoms with van der Waals surface area (Å²) in [6, 6.07) is 3.51. The van der Waals surface area contributed by atoms with Crippen LogP contribution in [-0.2, 0) is 4.74 Å². The van der Waals surface area contributed by atoms with Crippen LogP contribution in [0.25, 0.3) is 0 Å². The number of hydrogen-bond acceptors (Lipinski definition) is 5. The van der Waals surface area contributed by atoms with Crippen molar-refractivity contribution in [2.75, 3.05) is 25.5 Å². The van der Waals surface area contributed by atoms with Crippen LogP contribution in [0.2, 0.25) is 0 Å². The summed E-state index contributed by atoms with van der Waals surface area (Å²) in [5, 5.41) is 3.26. The number of Topliss-reactive ketones (excluding diaryl/α,β-unsaturated/α-hetero) is 1. The van der Waals surface area contributed by atoms with Gasteiger partial charge in [-0.2, -0.15) is 0 Å². The largest absolute Gasteiger partial charge is 0.383 e. The highest BCUT2D eigenvalue weighted by Crippen LogP contribution is 2.21. The molecule has 1 aliphatic heterocycles. The van der Waals surface area contributed by atoms with Crippen molar-refractivity contribution in [1.82, 2.24) is 10.3 Å². The van der Waals surface area contributed by atoms with E-state index < -0.39 is 0 Å². The van der Waals surface area contributed by atoms with Crippen molar-refractivity contribution in [3.8, 4) is 0 Å². The van der Waals surface area contributed by atoms with Crippen LogP contribution in [0.1, 0.15) is 17.3 Å². The Hall–Kier alpha value is -1.46. The molecule has 2 unspecified atom stereocenters. The summed E-state index contributed by atoms with van der Waals surface area (Å²) in [5.41, 5.74) is 6.21. The van der Waals surface area contributed by atoms with Gasteiger partial charge in [0.15, 0.2) is 5.78 Å². The first kappa shape index (κ1) is 12.0. The fourth-order valence-corrected chi connectivity index (χ4v) is 2.10. The van der Waals surface area contributed by atoms with Gasteiger partial charge in [0.25, 0.3) is 0 Å². The van der Waals surface area contributed by atoms with E-state index in [2.05, 4.69) is 10.3 Å². The Morgan fingerprint density at radius 2 is 2.47 bits per heavy atom. The van der Waals surface area contributed by atoms with E-state index in [1.807, 2.05) is 6.92 Å². The number of nitrogens with zero attached hydrogens (tertiary/aromatic N) is 1. The highest BCUT2D eigenvalue weighted by molar-refractivity contribution is 6.02. The molecule has 92 valence electrons. The number of carbonyl (C=O) groups excluding carboxylic acids is 1. The van der Waals surface area contributed by atoms with E-state index in [1.165, 1.54) is 0 Å². The second kappa shape index (κ2) is 5.25. The first-order valence-electron chi connectivity index (χ1n) is 5.80. The fraction of sp³-hybridized carbons (Fsp3) is 0.500. The van der Waals surface area contributed by atoms with Gasteiger partial charge in [-0.1, -0.05) is 6.92 Å². The third kappa shape index (κ3) is 2.45. The fourth-order valence-electron chi connectivity index (χ4n) is 2.10. The van der Waals surface area contributed by atoms with Gasteiger partial charge >= 0.3 is 0 Å². The van der Waals surface area contributed by atoms with Gasteiger partial charge in [-0.3, -0.25) is 4.79 Å². The second-order valence-corrected chi connectivity index (χ2v) is 4.11.